The predicted molar refractivity (Wildman–Crippen MR) is 75.9 cm³/mol. The van der Waals surface area contributed by atoms with Crippen molar-refractivity contribution in [1.29, 1.82) is 0 Å². The molecule has 1 aromatic carbocycles. The third-order valence-corrected chi connectivity index (χ3v) is 3.15. The van der Waals surface area contributed by atoms with E-state index in [0.29, 0.717) is 13.0 Å². The van der Waals surface area contributed by atoms with Crippen LogP contribution in [0.4, 0.5) is 5.69 Å². The van der Waals surface area contributed by atoms with Crippen molar-refractivity contribution in [3.8, 4) is 0 Å². The third kappa shape index (κ3) is 4.47. The van der Waals surface area contributed by atoms with Crippen molar-refractivity contribution in [3.05, 3.63) is 38.9 Å². The van der Waals surface area contributed by atoms with Gasteiger partial charge in [-0.3, -0.25) is 14.9 Å². The first-order chi connectivity index (χ1) is 9.26. The molecule has 0 atom stereocenters. The van der Waals surface area contributed by atoms with Gasteiger partial charge in [0, 0.05) is 24.2 Å². The van der Waals surface area contributed by atoms with Crippen LogP contribution in [0.1, 0.15) is 30.6 Å². The van der Waals surface area contributed by atoms with E-state index >= 15 is 0 Å². The first kappa shape index (κ1) is 16.4. The molecule has 0 spiro atoms. The number of hydrogen-bond acceptors (Lipinski definition) is 4. The van der Waals surface area contributed by atoms with Gasteiger partial charge < -0.3 is 10.4 Å². The summed E-state index contributed by atoms with van der Waals surface area (Å²) in [6.45, 7) is 4.11. The Balaban J connectivity index is 2.85. The van der Waals surface area contributed by atoms with Gasteiger partial charge >= 0.3 is 0 Å². The lowest BCUT2D eigenvalue weighted by Crippen LogP contribution is -2.34. The summed E-state index contributed by atoms with van der Waals surface area (Å²) in [6.07, 6.45) is 0.524. The number of halogens is 1. The Hall–Kier alpha value is -1.66. The van der Waals surface area contributed by atoms with Crippen LogP contribution in [0.15, 0.2) is 18.2 Å². The summed E-state index contributed by atoms with van der Waals surface area (Å²) >= 11 is 5.69. The Morgan fingerprint density at radius 3 is 2.70 bits per heavy atom. The van der Waals surface area contributed by atoms with Crippen LogP contribution in [0.5, 0.6) is 0 Å². The summed E-state index contributed by atoms with van der Waals surface area (Å²) in [7, 11) is 0. The molecule has 0 radical (unpaired) electrons. The van der Waals surface area contributed by atoms with Crippen LogP contribution in [-0.4, -0.2) is 29.1 Å². The number of nitrogens with zero attached hydrogens (tertiary/aromatic N) is 1. The van der Waals surface area contributed by atoms with Crippen LogP contribution in [0, 0.1) is 15.5 Å². The van der Waals surface area contributed by atoms with Crippen molar-refractivity contribution in [2.45, 2.75) is 20.3 Å². The number of aliphatic hydroxyl groups excluding tert-OH is 1. The van der Waals surface area contributed by atoms with Gasteiger partial charge in [0.2, 0.25) is 0 Å². The van der Waals surface area contributed by atoms with Gasteiger partial charge in [-0.2, -0.15) is 0 Å². The van der Waals surface area contributed by atoms with Crippen molar-refractivity contribution < 1.29 is 14.8 Å². The van der Waals surface area contributed by atoms with Crippen molar-refractivity contribution in [1.82, 2.24) is 5.32 Å². The van der Waals surface area contributed by atoms with E-state index < -0.39 is 10.8 Å². The van der Waals surface area contributed by atoms with Crippen molar-refractivity contribution in [3.63, 3.8) is 0 Å². The van der Waals surface area contributed by atoms with Crippen LogP contribution in [0.2, 0.25) is 5.02 Å². The van der Waals surface area contributed by atoms with Gasteiger partial charge in [-0.05, 0) is 24.0 Å². The van der Waals surface area contributed by atoms with Gasteiger partial charge in [0.15, 0.2) is 0 Å². The number of hydrogen-bond donors (Lipinski definition) is 2. The molecule has 0 aliphatic rings. The van der Waals surface area contributed by atoms with Gasteiger partial charge in [0.1, 0.15) is 5.56 Å². The fraction of sp³-hybridized carbons (Fsp3) is 0.462. The molecule has 1 aromatic rings. The highest BCUT2D eigenvalue weighted by molar-refractivity contribution is 6.31. The molecule has 110 valence electrons. The second-order valence-electron chi connectivity index (χ2n) is 5.24. The number of benzene rings is 1. The number of nitro benzene ring substituents is 1. The number of nitrogens with one attached hydrogen (secondary N) is 1. The maximum Gasteiger partial charge on any atom is 0.283 e. The lowest BCUT2D eigenvalue weighted by molar-refractivity contribution is -0.385. The van der Waals surface area contributed by atoms with Gasteiger partial charge in [-0.1, -0.05) is 25.4 Å². The Morgan fingerprint density at radius 2 is 2.15 bits per heavy atom. The van der Waals surface area contributed by atoms with Crippen LogP contribution in [-0.2, 0) is 0 Å². The molecule has 0 aliphatic carbocycles. The van der Waals surface area contributed by atoms with E-state index in [0.717, 1.165) is 6.07 Å². The molecule has 2 N–H and O–H groups in total. The Bertz CT molecular complexity index is 517. The minimum atomic E-state index is -0.639. The highest BCUT2D eigenvalue weighted by Crippen LogP contribution is 2.24. The van der Waals surface area contributed by atoms with Gasteiger partial charge in [-0.15, -0.1) is 0 Å². The summed E-state index contributed by atoms with van der Waals surface area (Å²) in [6, 6.07) is 3.91. The molecular weight excluding hydrogens is 284 g/mol. The zero-order valence-electron chi connectivity index (χ0n) is 11.4. The fourth-order valence-corrected chi connectivity index (χ4v) is 1.82. The lowest BCUT2D eigenvalue weighted by atomic mass is 9.89. The van der Waals surface area contributed by atoms with Gasteiger partial charge in [0.05, 0.1) is 4.92 Å². The average Bonchev–Trinajstić information content (AvgIpc) is 2.35. The second kappa shape index (κ2) is 6.67. The van der Waals surface area contributed by atoms with E-state index in [1.807, 2.05) is 13.8 Å². The summed E-state index contributed by atoms with van der Waals surface area (Å²) in [5, 5.41) is 22.7. The quantitative estimate of drug-likeness (QED) is 0.623. The van der Waals surface area contributed by atoms with E-state index in [4.69, 9.17) is 16.7 Å². The van der Waals surface area contributed by atoms with Crippen LogP contribution in [0.3, 0.4) is 0 Å². The normalized spacial score (nSPS) is 11.2. The maximum atomic E-state index is 12.0. The fourth-order valence-electron chi connectivity index (χ4n) is 1.65. The molecule has 0 fully saturated rings. The molecule has 0 bridgehead atoms. The maximum absolute atomic E-state index is 12.0. The first-order valence-corrected chi connectivity index (χ1v) is 6.47. The molecule has 0 unspecified atom stereocenters. The summed E-state index contributed by atoms with van der Waals surface area (Å²) in [4.78, 5) is 22.3. The van der Waals surface area contributed by atoms with Crippen LogP contribution in [0.25, 0.3) is 0 Å². The summed E-state index contributed by atoms with van der Waals surface area (Å²) in [5.74, 6) is -0.528. The Morgan fingerprint density at radius 1 is 1.50 bits per heavy atom. The molecule has 0 saturated carbocycles. The summed E-state index contributed by atoms with van der Waals surface area (Å²) < 4.78 is 0. The monoisotopic (exact) mass is 300 g/mol. The number of amides is 1. The minimum absolute atomic E-state index is 0.0178. The molecule has 0 saturated heterocycles. The van der Waals surface area contributed by atoms with E-state index in [-0.39, 0.29) is 28.3 Å². The largest absolute Gasteiger partial charge is 0.396 e. The molecule has 0 aromatic heterocycles. The number of carbonyl (C=O) groups is 1. The standard InChI is InChI=1S/C13H17ClN2O4/c1-13(2,5-6-17)8-15-12(18)10-4-3-9(14)7-11(10)16(19)20/h3-4,7,17H,5-6,8H2,1-2H3,(H,15,18). The number of carbonyl (C=O) groups excluding carboxylic acids is 1. The Labute approximate surface area is 121 Å². The summed E-state index contributed by atoms with van der Waals surface area (Å²) in [5.41, 5.74) is -0.639. The SMILES string of the molecule is CC(C)(CCO)CNC(=O)c1ccc(Cl)cc1[N+](=O)[O-]. The minimum Gasteiger partial charge on any atom is -0.396 e. The number of rotatable bonds is 6. The molecule has 20 heavy (non-hydrogen) atoms. The van der Waals surface area contributed by atoms with Crippen LogP contribution < -0.4 is 5.32 Å². The zero-order chi connectivity index (χ0) is 15.3. The van der Waals surface area contributed by atoms with Gasteiger partial charge in [-0.25, -0.2) is 0 Å². The lowest BCUT2D eigenvalue weighted by Gasteiger charge is -2.23. The molecule has 0 heterocycles. The van der Waals surface area contributed by atoms with Crippen molar-refractivity contribution >= 4 is 23.2 Å². The molecule has 1 rings (SSSR count). The van der Waals surface area contributed by atoms with Crippen LogP contribution >= 0.6 is 11.6 Å². The number of nitro groups is 1. The molecule has 7 heteroatoms. The Kier molecular flexibility index (Phi) is 5.47. The molecule has 1 amide bonds. The topological polar surface area (TPSA) is 92.5 Å². The van der Waals surface area contributed by atoms with E-state index in [1.165, 1.54) is 12.1 Å². The molecule has 6 nitrogen and oxygen atoms in total. The first-order valence-electron chi connectivity index (χ1n) is 6.10. The van der Waals surface area contributed by atoms with E-state index in [9.17, 15) is 14.9 Å². The van der Waals surface area contributed by atoms with E-state index in [1.54, 1.807) is 0 Å². The highest BCUT2D eigenvalue weighted by Gasteiger charge is 2.23. The van der Waals surface area contributed by atoms with Gasteiger partial charge in [0.25, 0.3) is 11.6 Å². The molecule has 0 aliphatic heterocycles. The van der Waals surface area contributed by atoms with E-state index in [2.05, 4.69) is 5.32 Å². The van der Waals surface area contributed by atoms with Crippen molar-refractivity contribution in [2.75, 3.05) is 13.2 Å². The smallest absolute Gasteiger partial charge is 0.283 e. The number of aliphatic hydroxyl groups is 1. The molecular formula is C13H17ClN2O4. The average molecular weight is 301 g/mol. The highest BCUT2D eigenvalue weighted by atomic mass is 35.5. The zero-order valence-corrected chi connectivity index (χ0v) is 12.1. The second-order valence-corrected chi connectivity index (χ2v) is 5.68. The third-order valence-electron chi connectivity index (χ3n) is 2.92. The predicted octanol–water partition coefficient (Wildman–Crippen LogP) is 2.39. The van der Waals surface area contributed by atoms with Crippen molar-refractivity contribution in [2.24, 2.45) is 5.41 Å².